The zero-order chi connectivity index (χ0) is 24.4. The van der Waals surface area contributed by atoms with Gasteiger partial charge in [0, 0.05) is 31.2 Å². The molecule has 0 spiro atoms. The molecule has 0 bridgehead atoms. The molecule has 0 aromatic heterocycles. The first-order chi connectivity index (χ1) is 16.3. The first-order valence-corrected chi connectivity index (χ1v) is 11.4. The Hall–Kier alpha value is -3.62. The lowest BCUT2D eigenvalue weighted by molar-refractivity contribution is -0.139. The second-order valence-corrected chi connectivity index (χ2v) is 8.74. The molecule has 34 heavy (non-hydrogen) atoms. The van der Waals surface area contributed by atoms with E-state index in [9.17, 15) is 18.8 Å². The van der Waals surface area contributed by atoms with E-state index in [1.165, 1.54) is 11.0 Å². The van der Waals surface area contributed by atoms with Gasteiger partial charge in [0.15, 0.2) is 0 Å². The number of fused-ring (bicyclic) bond motifs is 1. The maximum absolute atomic E-state index is 14.0. The molecule has 9 heteroatoms. The van der Waals surface area contributed by atoms with Gasteiger partial charge < -0.3 is 25.0 Å². The third-order valence-corrected chi connectivity index (χ3v) is 6.28. The van der Waals surface area contributed by atoms with E-state index in [0.29, 0.717) is 55.2 Å². The van der Waals surface area contributed by atoms with Crippen LogP contribution in [0.4, 0.5) is 14.9 Å². The van der Waals surface area contributed by atoms with Crippen molar-refractivity contribution in [1.82, 2.24) is 9.80 Å². The van der Waals surface area contributed by atoms with Crippen molar-refractivity contribution < 1.29 is 28.6 Å². The molecule has 2 N–H and O–H groups in total. The van der Waals surface area contributed by atoms with Crippen molar-refractivity contribution in [2.24, 2.45) is 5.92 Å². The third kappa shape index (κ3) is 4.83. The predicted octanol–water partition coefficient (Wildman–Crippen LogP) is 3.60. The fourth-order valence-electron chi connectivity index (χ4n) is 4.51. The molecular weight excluding hydrogens is 441 g/mol. The van der Waals surface area contributed by atoms with E-state index in [1.54, 1.807) is 36.1 Å². The summed E-state index contributed by atoms with van der Waals surface area (Å²) in [6, 6.07) is 8.70. The average Bonchev–Trinajstić information content (AvgIpc) is 2.77. The summed E-state index contributed by atoms with van der Waals surface area (Å²) in [7, 11) is 0. The summed E-state index contributed by atoms with van der Waals surface area (Å²) < 4.78 is 19.6. The highest BCUT2D eigenvalue weighted by Gasteiger charge is 2.41. The molecule has 180 valence electrons. The molecule has 2 heterocycles. The monoisotopic (exact) mass is 469 g/mol. The van der Waals surface area contributed by atoms with Crippen LogP contribution in [0.5, 0.6) is 5.75 Å². The number of benzene rings is 2. The van der Waals surface area contributed by atoms with Crippen molar-refractivity contribution in [1.29, 1.82) is 0 Å². The number of hydrogen-bond acceptors (Lipinski definition) is 4. The van der Waals surface area contributed by atoms with Crippen LogP contribution in [0.1, 0.15) is 36.1 Å². The quantitative estimate of drug-likeness (QED) is 0.674. The number of amides is 3. The highest BCUT2D eigenvalue weighted by Crippen LogP contribution is 2.35. The van der Waals surface area contributed by atoms with Crippen molar-refractivity contribution >= 4 is 23.6 Å². The van der Waals surface area contributed by atoms with Gasteiger partial charge in [-0.05, 0) is 61.2 Å². The Kier molecular flexibility index (Phi) is 6.72. The summed E-state index contributed by atoms with van der Waals surface area (Å²) in [4.78, 5) is 40.8. The molecule has 1 atom stereocenters. The number of rotatable bonds is 6. The second-order valence-electron chi connectivity index (χ2n) is 8.74. The number of aryl methyl sites for hydroxylation is 1. The van der Waals surface area contributed by atoms with E-state index in [0.717, 1.165) is 5.56 Å². The van der Waals surface area contributed by atoms with Gasteiger partial charge in [0.05, 0.1) is 13.0 Å². The molecular formula is C25H28FN3O5. The van der Waals surface area contributed by atoms with Crippen molar-refractivity contribution in [3.63, 3.8) is 0 Å². The van der Waals surface area contributed by atoms with Gasteiger partial charge in [-0.1, -0.05) is 12.1 Å². The number of anilines is 1. The van der Waals surface area contributed by atoms with E-state index in [2.05, 4.69) is 5.32 Å². The van der Waals surface area contributed by atoms with Crippen LogP contribution in [-0.4, -0.2) is 59.1 Å². The van der Waals surface area contributed by atoms with Crippen LogP contribution in [0, 0.1) is 18.7 Å². The molecule has 4 rings (SSSR count). The molecule has 2 aliphatic rings. The molecule has 8 nitrogen and oxygen atoms in total. The van der Waals surface area contributed by atoms with Crippen LogP contribution in [-0.2, 0) is 16.0 Å². The summed E-state index contributed by atoms with van der Waals surface area (Å²) in [5.41, 5.74) is 2.38. The van der Waals surface area contributed by atoms with Crippen LogP contribution in [0.3, 0.4) is 0 Å². The average molecular weight is 470 g/mol. The molecule has 2 aromatic rings. The van der Waals surface area contributed by atoms with E-state index in [1.807, 2.05) is 13.0 Å². The van der Waals surface area contributed by atoms with Crippen LogP contribution in [0.15, 0.2) is 36.4 Å². The number of hydrogen-bond donors (Lipinski definition) is 2. The minimum atomic E-state index is -0.908. The first kappa shape index (κ1) is 23.5. The number of likely N-dealkylation sites (tertiary alicyclic amines) is 1. The fourth-order valence-corrected chi connectivity index (χ4v) is 4.51. The van der Waals surface area contributed by atoms with Gasteiger partial charge >= 0.3 is 12.0 Å². The SMILES string of the molecule is CCOc1ccc2c(c1)CCN(C(=O)N1CC(CC(=O)O)C1)C2C(=O)Nc1ccc(C)c(F)c1. The van der Waals surface area contributed by atoms with E-state index in [4.69, 9.17) is 9.84 Å². The van der Waals surface area contributed by atoms with Gasteiger partial charge in [-0.3, -0.25) is 9.59 Å². The van der Waals surface area contributed by atoms with Crippen LogP contribution in [0.2, 0.25) is 0 Å². The summed E-state index contributed by atoms with van der Waals surface area (Å²) >= 11 is 0. The Morgan fingerprint density at radius 1 is 1.18 bits per heavy atom. The lowest BCUT2D eigenvalue weighted by atomic mass is 9.91. The Morgan fingerprint density at radius 3 is 2.62 bits per heavy atom. The lowest BCUT2D eigenvalue weighted by Gasteiger charge is -2.45. The number of aliphatic carboxylic acids is 1. The number of urea groups is 1. The Labute approximate surface area is 197 Å². The van der Waals surface area contributed by atoms with Gasteiger partial charge in [-0.15, -0.1) is 0 Å². The molecule has 0 aliphatic carbocycles. The number of nitrogens with one attached hydrogen (secondary N) is 1. The smallest absolute Gasteiger partial charge is 0.320 e. The highest BCUT2D eigenvalue weighted by atomic mass is 19.1. The molecule has 0 radical (unpaired) electrons. The van der Waals surface area contributed by atoms with Gasteiger partial charge in [0.2, 0.25) is 0 Å². The number of carboxylic acids is 1. The fraction of sp³-hybridized carbons (Fsp3) is 0.400. The van der Waals surface area contributed by atoms with Gasteiger partial charge in [0.25, 0.3) is 5.91 Å². The number of carboxylic acid groups (broad SMARTS) is 1. The number of carbonyl (C=O) groups excluding carboxylic acids is 2. The summed E-state index contributed by atoms with van der Waals surface area (Å²) in [6.07, 6.45) is 0.563. The van der Waals surface area contributed by atoms with Gasteiger partial charge in [-0.2, -0.15) is 0 Å². The Bertz CT molecular complexity index is 1120. The van der Waals surface area contributed by atoms with Gasteiger partial charge in [0.1, 0.15) is 17.6 Å². The standard InChI is InChI=1S/C25H28FN3O5/c1-3-34-19-6-7-20-17(11-19)8-9-29(25(33)28-13-16(14-28)10-22(30)31)23(20)24(32)27-18-5-4-15(2)21(26)12-18/h4-7,11-12,16,23H,3,8-10,13-14H2,1-2H3,(H,27,32)(H,30,31). The molecule has 3 amide bonds. The number of carbonyl (C=O) groups is 3. The first-order valence-electron chi connectivity index (χ1n) is 11.4. The van der Waals surface area contributed by atoms with Crippen molar-refractivity contribution in [2.45, 2.75) is 32.7 Å². The van der Waals surface area contributed by atoms with E-state index >= 15 is 0 Å². The van der Waals surface area contributed by atoms with E-state index in [-0.39, 0.29) is 18.4 Å². The summed E-state index contributed by atoms with van der Waals surface area (Å²) in [6.45, 7) is 5.05. The normalized spacial score (nSPS) is 17.6. The molecule has 2 aliphatic heterocycles. The van der Waals surface area contributed by atoms with Crippen LogP contribution >= 0.6 is 0 Å². The minimum absolute atomic E-state index is 0.00964. The molecule has 1 saturated heterocycles. The predicted molar refractivity (Wildman–Crippen MR) is 123 cm³/mol. The summed E-state index contributed by atoms with van der Waals surface area (Å²) in [5, 5.41) is 11.7. The molecule has 2 aromatic carbocycles. The van der Waals surface area contributed by atoms with Crippen LogP contribution < -0.4 is 10.1 Å². The lowest BCUT2D eigenvalue weighted by Crippen LogP contribution is -2.58. The van der Waals surface area contributed by atoms with Crippen molar-refractivity contribution in [3.8, 4) is 5.75 Å². The Balaban J connectivity index is 1.60. The summed E-state index contributed by atoms with van der Waals surface area (Å²) in [5.74, 6) is -1.16. The maximum atomic E-state index is 14.0. The number of halogens is 1. The Morgan fingerprint density at radius 2 is 1.94 bits per heavy atom. The zero-order valence-corrected chi connectivity index (χ0v) is 19.2. The topological polar surface area (TPSA) is 99.2 Å². The molecule has 1 unspecified atom stereocenters. The second kappa shape index (κ2) is 9.70. The molecule has 0 saturated carbocycles. The van der Waals surface area contributed by atoms with Crippen molar-refractivity contribution in [3.05, 3.63) is 58.9 Å². The zero-order valence-electron chi connectivity index (χ0n) is 19.2. The molecule has 1 fully saturated rings. The maximum Gasteiger partial charge on any atom is 0.320 e. The number of nitrogens with zero attached hydrogens (tertiary/aromatic N) is 2. The number of ether oxygens (including phenoxy) is 1. The third-order valence-electron chi connectivity index (χ3n) is 6.28. The highest BCUT2D eigenvalue weighted by molar-refractivity contribution is 5.98. The van der Waals surface area contributed by atoms with Crippen LogP contribution in [0.25, 0.3) is 0 Å². The van der Waals surface area contributed by atoms with Gasteiger partial charge in [-0.25, -0.2) is 9.18 Å². The van der Waals surface area contributed by atoms with E-state index < -0.39 is 23.7 Å². The largest absolute Gasteiger partial charge is 0.494 e. The van der Waals surface area contributed by atoms with Crippen molar-refractivity contribution in [2.75, 3.05) is 31.6 Å². The minimum Gasteiger partial charge on any atom is -0.494 e.